The van der Waals surface area contributed by atoms with E-state index in [9.17, 15) is 4.79 Å². The Balaban J connectivity index is 2.41. The van der Waals surface area contributed by atoms with Crippen molar-refractivity contribution in [3.05, 3.63) is 41.7 Å². The summed E-state index contributed by atoms with van der Waals surface area (Å²) in [6, 6.07) is 5.87. The first kappa shape index (κ1) is 10.7. The molecule has 0 aliphatic heterocycles. The summed E-state index contributed by atoms with van der Waals surface area (Å²) in [5.74, 6) is -0.298. The first-order valence-corrected chi connectivity index (χ1v) is 5.43. The number of aromatic nitrogens is 1. The van der Waals surface area contributed by atoms with Crippen molar-refractivity contribution in [3.8, 4) is 0 Å². The molecule has 0 N–H and O–H groups in total. The molecule has 0 aromatic carbocycles. The highest BCUT2D eigenvalue weighted by Gasteiger charge is 2.06. The molecule has 0 amide bonds. The molecule has 0 aliphatic carbocycles. The van der Waals surface area contributed by atoms with Crippen LogP contribution >= 0.6 is 0 Å². The molecule has 0 saturated carbocycles. The molecule has 84 valence electrons. The lowest BCUT2D eigenvalue weighted by Gasteiger charge is -2.00. The van der Waals surface area contributed by atoms with Crippen LogP contribution in [-0.2, 0) is 11.2 Å². The van der Waals surface area contributed by atoms with E-state index in [4.69, 9.17) is 0 Å². The van der Waals surface area contributed by atoms with Crippen LogP contribution in [0.1, 0.15) is 29.3 Å². The van der Waals surface area contributed by atoms with Crippen molar-refractivity contribution in [1.82, 2.24) is 4.40 Å². The minimum absolute atomic E-state index is 0.298. The fraction of sp³-hybridized carbons (Fsp3) is 0.308. The number of fused-ring (bicyclic) bond motifs is 1. The van der Waals surface area contributed by atoms with Gasteiger partial charge in [-0.1, -0.05) is 13.3 Å². The van der Waals surface area contributed by atoms with E-state index < -0.39 is 0 Å². The summed E-state index contributed by atoms with van der Waals surface area (Å²) < 4.78 is 6.66. The van der Waals surface area contributed by atoms with Crippen molar-refractivity contribution in [2.75, 3.05) is 7.11 Å². The van der Waals surface area contributed by atoms with Crippen LogP contribution in [0.15, 0.2) is 30.6 Å². The SMILES string of the molecule is CCCc1cc2ccc(C(=O)OC)cn2c1. The van der Waals surface area contributed by atoms with Crippen LogP contribution in [0.3, 0.4) is 0 Å². The zero-order valence-corrected chi connectivity index (χ0v) is 9.56. The lowest BCUT2D eigenvalue weighted by atomic mass is 10.2. The Bertz CT molecular complexity index is 514. The second-order valence-corrected chi connectivity index (χ2v) is 3.84. The van der Waals surface area contributed by atoms with Crippen molar-refractivity contribution >= 4 is 11.5 Å². The topological polar surface area (TPSA) is 30.7 Å². The highest BCUT2D eigenvalue weighted by molar-refractivity contribution is 5.89. The Morgan fingerprint density at radius 2 is 2.19 bits per heavy atom. The van der Waals surface area contributed by atoms with Gasteiger partial charge in [0.05, 0.1) is 12.7 Å². The fourth-order valence-corrected chi connectivity index (χ4v) is 1.83. The van der Waals surface area contributed by atoms with Gasteiger partial charge in [0.2, 0.25) is 0 Å². The maximum Gasteiger partial charge on any atom is 0.339 e. The van der Waals surface area contributed by atoms with Crippen LogP contribution in [0.4, 0.5) is 0 Å². The van der Waals surface area contributed by atoms with Gasteiger partial charge < -0.3 is 9.14 Å². The number of hydrogen-bond donors (Lipinski definition) is 0. The molecule has 0 radical (unpaired) electrons. The fourth-order valence-electron chi connectivity index (χ4n) is 1.83. The quantitative estimate of drug-likeness (QED) is 0.740. The van der Waals surface area contributed by atoms with Gasteiger partial charge in [0.15, 0.2) is 0 Å². The van der Waals surface area contributed by atoms with E-state index in [-0.39, 0.29) is 5.97 Å². The number of carbonyl (C=O) groups is 1. The standard InChI is InChI=1S/C13H15NO2/c1-3-4-10-7-12-6-5-11(13(15)16-2)9-14(12)8-10/h5-9H,3-4H2,1-2H3. The normalized spacial score (nSPS) is 10.6. The minimum atomic E-state index is -0.298. The van der Waals surface area contributed by atoms with Crippen LogP contribution in [-0.4, -0.2) is 17.5 Å². The van der Waals surface area contributed by atoms with Crippen LogP contribution in [0.5, 0.6) is 0 Å². The lowest BCUT2D eigenvalue weighted by molar-refractivity contribution is 0.0600. The van der Waals surface area contributed by atoms with Crippen LogP contribution < -0.4 is 0 Å². The van der Waals surface area contributed by atoms with Crippen molar-refractivity contribution in [2.24, 2.45) is 0 Å². The average molecular weight is 217 g/mol. The minimum Gasteiger partial charge on any atom is -0.465 e. The van der Waals surface area contributed by atoms with Crippen molar-refractivity contribution < 1.29 is 9.53 Å². The van der Waals surface area contributed by atoms with Gasteiger partial charge in [-0.15, -0.1) is 0 Å². The molecule has 2 aromatic heterocycles. The van der Waals surface area contributed by atoms with Gasteiger partial charge in [-0.3, -0.25) is 0 Å². The summed E-state index contributed by atoms with van der Waals surface area (Å²) in [7, 11) is 1.39. The molecule has 3 nitrogen and oxygen atoms in total. The average Bonchev–Trinajstić information content (AvgIpc) is 2.69. The number of ether oxygens (including phenoxy) is 1. The van der Waals surface area contributed by atoms with Crippen molar-refractivity contribution in [2.45, 2.75) is 19.8 Å². The highest BCUT2D eigenvalue weighted by Crippen LogP contribution is 2.13. The number of methoxy groups -OCH3 is 1. The Labute approximate surface area is 94.6 Å². The predicted molar refractivity (Wildman–Crippen MR) is 62.7 cm³/mol. The third-order valence-electron chi connectivity index (χ3n) is 2.61. The molecule has 0 fully saturated rings. The molecule has 3 heteroatoms. The number of carbonyl (C=O) groups excluding carboxylic acids is 1. The smallest absolute Gasteiger partial charge is 0.339 e. The number of rotatable bonds is 3. The van der Waals surface area contributed by atoms with E-state index in [1.165, 1.54) is 12.7 Å². The van der Waals surface area contributed by atoms with Gasteiger partial charge in [-0.2, -0.15) is 0 Å². The summed E-state index contributed by atoms with van der Waals surface area (Å²) >= 11 is 0. The molecule has 2 heterocycles. The number of esters is 1. The first-order valence-electron chi connectivity index (χ1n) is 5.43. The zero-order chi connectivity index (χ0) is 11.5. The maximum absolute atomic E-state index is 11.4. The maximum atomic E-state index is 11.4. The predicted octanol–water partition coefficient (Wildman–Crippen LogP) is 2.68. The van der Waals surface area contributed by atoms with Gasteiger partial charge >= 0.3 is 5.97 Å². The van der Waals surface area contributed by atoms with Gasteiger partial charge in [-0.05, 0) is 30.2 Å². The Morgan fingerprint density at radius 3 is 2.88 bits per heavy atom. The van der Waals surface area contributed by atoms with E-state index in [0.29, 0.717) is 5.56 Å². The van der Waals surface area contributed by atoms with Crippen molar-refractivity contribution in [3.63, 3.8) is 0 Å². The first-order chi connectivity index (χ1) is 7.74. The van der Waals surface area contributed by atoms with Gasteiger partial charge in [-0.25, -0.2) is 4.79 Å². The van der Waals surface area contributed by atoms with Gasteiger partial charge in [0.25, 0.3) is 0 Å². The van der Waals surface area contributed by atoms with Crippen LogP contribution in [0, 0.1) is 0 Å². The molecule has 0 bridgehead atoms. The van der Waals surface area contributed by atoms with E-state index in [1.54, 1.807) is 12.3 Å². The largest absolute Gasteiger partial charge is 0.465 e. The molecule has 16 heavy (non-hydrogen) atoms. The molecule has 2 aromatic rings. The molecule has 0 spiro atoms. The van der Waals surface area contributed by atoms with E-state index >= 15 is 0 Å². The van der Waals surface area contributed by atoms with Crippen LogP contribution in [0.2, 0.25) is 0 Å². The zero-order valence-electron chi connectivity index (χ0n) is 9.56. The molecule has 2 rings (SSSR count). The number of pyridine rings is 1. The molecule has 0 saturated heterocycles. The molecule has 0 unspecified atom stereocenters. The monoisotopic (exact) mass is 217 g/mol. The molecule has 0 atom stereocenters. The third-order valence-corrected chi connectivity index (χ3v) is 2.61. The lowest BCUT2D eigenvalue weighted by Crippen LogP contribution is -2.02. The molecular weight excluding hydrogens is 202 g/mol. The Morgan fingerprint density at radius 1 is 1.38 bits per heavy atom. The second kappa shape index (κ2) is 4.39. The third kappa shape index (κ3) is 1.94. The Hall–Kier alpha value is -1.77. The molecule has 0 aliphatic rings. The summed E-state index contributed by atoms with van der Waals surface area (Å²) in [5, 5.41) is 0. The summed E-state index contributed by atoms with van der Waals surface area (Å²) in [5.41, 5.74) is 2.98. The van der Waals surface area contributed by atoms with Gasteiger partial charge in [0.1, 0.15) is 0 Å². The highest BCUT2D eigenvalue weighted by atomic mass is 16.5. The van der Waals surface area contributed by atoms with Crippen molar-refractivity contribution in [1.29, 1.82) is 0 Å². The van der Waals surface area contributed by atoms with E-state index in [2.05, 4.69) is 23.9 Å². The number of hydrogen-bond acceptors (Lipinski definition) is 2. The summed E-state index contributed by atoms with van der Waals surface area (Å²) in [6.07, 6.45) is 6.06. The summed E-state index contributed by atoms with van der Waals surface area (Å²) in [6.45, 7) is 2.15. The van der Waals surface area contributed by atoms with E-state index in [1.807, 2.05) is 10.5 Å². The number of nitrogens with zero attached hydrogens (tertiary/aromatic N) is 1. The second-order valence-electron chi connectivity index (χ2n) is 3.84. The van der Waals surface area contributed by atoms with Gasteiger partial charge in [0, 0.05) is 17.9 Å². The van der Waals surface area contributed by atoms with Crippen LogP contribution in [0.25, 0.3) is 5.52 Å². The molecular formula is C13H15NO2. The van der Waals surface area contributed by atoms with E-state index in [0.717, 1.165) is 18.4 Å². The Kier molecular flexibility index (Phi) is 2.95. The summed E-state index contributed by atoms with van der Waals surface area (Å²) in [4.78, 5) is 11.4. The number of aryl methyl sites for hydroxylation is 1.